The maximum absolute atomic E-state index is 11.8. The lowest BCUT2D eigenvalue weighted by atomic mass is 10.2. The summed E-state index contributed by atoms with van der Waals surface area (Å²) in [4.78, 5) is 16.2. The average Bonchev–Trinajstić information content (AvgIpc) is 2.96. The molecule has 7 heteroatoms. The van der Waals surface area contributed by atoms with Crippen LogP contribution in [0.1, 0.15) is 12.8 Å². The Bertz CT molecular complexity index is 645. The number of rotatable bonds is 7. The molecule has 0 radical (unpaired) electrons. The molecule has 2 aromatic rings. The quantitative estimate of drug-likeness (QED) is 0.759. The molecule has 2 N–H and O–H groups in total. The predicted octanol–water partition coefficient (Wildman–Crippen LogP) is 3.41. The van der Waals surface area contributed by atoms with E-state index in [9.17, 15) is 4.79 Å². The first-order chi connectivity index (χ1) is 10.6. The van der Waals surface area contributed by atoms with E-state index in [2.05, 4.69) is 15.6 Å². The van der Waals surface area contributed by atoms with E-state index in [0.29, 0.717) is 22.3 Å². The van der Waals surface area contributed by atoms with Crippen molar-refractivity contribution in [3.8, 4) is 17.0 Å². The van der Waals surface area contributed by atoms with E-state index in [1.165, 1.54) is 11.3 Å². The summed E-state index contributed by atoms with van der Waals surface area (Å²) < 4.78 is 5.13. The number of carbonyl (C=O) groups excluding carboxylic acids is 1. The van der Waals surface area contributed by atoms with Crippen LogP contribution in [0.15, 0.2) is 23.6 Å². The standard InChI is InChI=1S/C15H18ClN3O2S/c1-17-7-3-4-14(20)19-15-18-12(9-22-15)10-5-6-13(21-2)11(16)8-10/h5-6,8-9,17H,3-4,7H2,1-2H3,(H,18,19,20). The maximum atomic E-state index is 11.8. The summed E-state index contributed by atoms with van der Waals surface area (Å²) in [6.07, 6.45) is 1.28. The molecule has 0 saturated carbocycles. The Hall–Kier alpha value is -1.63. The van der Waals surface area contributed by atoms with Crippen LogP contribution in [0.3, 0.4) is 0 Å². The predicted molar refractivity (Wildman–Crippen MR) is 90.9 cm³/mol. The second-order valence-corrected chi connectivity index (χ2v) is 5.91. The lowest BCUT2D eigenvalue weighted by Gasteiger charge is -2.04. The van der Waals surface area contributed by atoms with Crippen LogP contribution >= 0.6 is 22.9 Å². The molecular weight excluding hydrogens is 322 g/mol. The zero-order valence-corrected chi connectivity index (χ0v) is 14.1. The van der Waals surface area contributed by atoms with Gasteiger partial charge in [-0.25, -0.2) is 4.98 Å². The Morgan fingerprint density at radius 2 is 2.27 bits per heavy atom. The van der Waals surface area contributed by atoms with E-state index in [1.807, 2.05) is 18.5 Å². The van der Waals surface area contributed by atoms with Gasteiger partial charge in [-0.3, -0.25) is 4.79 Å². The molecule has 0 aliphatic rings. The van der Waals surface area contributed by atoms with Gasteiger partial charge in [-0.1, -0.05) is 11.6 Å². The Morgan fingerprint density at radius 3 is 2.95 bits per heavy atom. The Kier molecular flexibility index (Phi) is 6.18. The van der Waals surface area contributed by atoms with E-state index in [1.54, 1.807) is 19.2 Å². The van der Waals surface area contributed by atoms with Gasteiger partial charge >= 0.3 is 0 Å². The first kappa shape index (κ1) is 16.7. The van der Waals surface area contributed by atoms with Crippen LogP contribution in [-0.4, -0.2) is 31.6 Å². The van der Waals surface area contributed by atoms with Crippen LogP contribution < -0.4 is 15.4 Å². The van der Waals surface area contributed by atoms with Gasteiger partial charge < -0.3 is 15.4 Å². The average molecular weight is 340 g/mol. The topological polar surface area (TPSA) is 63.2 Å². The first-order valence-electron chi connectivity index (χ1n) is 6.88. The minimum atomic E-state index is -0.0242. The summed E-state index contributed by atoms with van der Waals surface area (Å²) in [7, 11) is 3.44. The minimum absolute atomic E-state index is 0.0242. The summed E-state index contributed by atoms with van der Waals surface area (Å²) in [6, 6.07) is 5.49. The normalized spacial score (nSPS) is 10.5. The van der Waals surface area contributed by atoms with Gasteiger partial charge in [-0.05, 0) is 38.2 Å². The fraction of sp³-hybridized carbons (Fsp3) is 0.333. The molecule has 0 spiro atoms. The van der Waals surface area contributed by atoms with E-state index < -0.39 is 0 Å². The van der Waals surface area contributed by atoms with Crippen LogP contribution in [0.2, 0.25) is 5.02 Å². The molecule has 0 atom stereocenters. The Balaban J connectivity index is 2.02. The van der Waals surface area contributed by atoms with Crippen molar-refractivity contribution in [1.29, 1.82) is 0 Å². The number of ether oxygens (including phenoxy) is 1. The Morgan fingerprint density at radius 1 is 1.45 bits per heavy atom. The van der Waals surface area contributed by atoms with E-state index in [0.717, 1.165) is 24.2 Å². The Labute approximate surface area is 138 Å². The van der Waals surface area contributed by atoms with Crippen LogP contribution in [0.5, 0.6) is 5.75 Å². The van der Waals surface area contributed by atoms with Crippen molar-refractivity contribution in [1.82, 2.24) is 10.3 Å². The fourth-order valence-electron chi connectivity index (χ4n) is 1.90. The van der Waals surface area contributed by atoms with Crippen LogP contribution in [0, 0.1) is 0 Å². The number of amides is 1. The number of benzene rings is 1. The molecule has 0 fully saturated rings. The van der Waals surface area contributed by atoms with Gasteiger partial charge in [0.2, 0.25) is 5.91 Å². The van der Waals surface area contributed by atoms with Crippen molar-refractivity contribution in [2.75, 3.05) is 26.0 Å². The van der Waals surface area contributed by atoms with Crippen LogP contribution in [-0.2, 0) is 4.79 Å². The number of nitrogens with one attached hydrogen (secondary N) is 2. The van der Waals surface area contributed by atoms with Gasteiger partial charge in [-0.2, -0.15) is 0 Å². The molecule has 0 aliphatic heterocycles. The van der Waals surface area contributed by atoms with Gasteiger partial charge in [-0.15, -0.1) is 11.3 Å². The van der Waals surface area contributed by atoms with Crippen molar-refractivity contribution >= 4 is 34.0 Å². The molecule has 0 unspecified atom stereocenters. The lowest BCUT2D eigenvalue weighted by Crippen LogP contribution is -2.15. The molecule has 0 saturated heterocycles. The molecule has 1 amide bonds. The molecular formula is C15H18ClN3O2S. The van der Waals surface area contributed by atoms with Gasteiger partial charge in [0.25, 0.3) is 0 Å². The number of thiazole rings is 1. The SMILES string of the molecule is CNCCCC(=O)Nc1nc(-c2ccc(OC)c(Cl)c2)cs1. The number of carbonyl (C=O) groups is 1. The summed E-state index contributed by atoms with van der Waals surface area (Å²) in [5, 5.41) is 8.84. The number of aromatic nitrogens is 1. The van der Waals surface area contributed by atoms with Gasteiger partial charge in [0.15, 0.2) is 5.13 Å². The molecule has 2 rings (SSSR count). The summed E-state index contributed by atoms with van der Waals surface area (Å²) >= 11 is 7.51. The molecule has 1 heterocycles. The highest BCUT2D eigenvalue weighted by Crippen LogP contribution is 2.31. The largest absolute Gasteiger partial charge is 0.495 e. The van der Waals surface area contributed by atoms with Crippen LogP contribution in [0.25, 0.3) is 11.3 Å². The minimum Gasteiger partial charge on any atom is -0.495 e. The molecule has 1 aromatic carbocycles. The van der Waals surface area contributed by atoms with Gasteiger partial charge in [0.05, 0.1) is 17.8 Å². The molecule has 0 aliphatic carbocycles. The number of hydrogen-bond acceptors (Lipinski definition) is 5. The van der Waals surface area contributed by atoms with Crippen molar-refractivity contribution in [3.05, 3.63) is 28.6 Å². The smallest absolute Gasteiger partial charge is 0.226 e. The lowest BCUT2D eigenvalue weighted by molar-refractivity contribution is -0.116. The number of nitrogens with zero attached hydrogens (tertiary/aromatic N) is 1. The zero-order valence-electron chi connectivity index (χ0n) is 12.5. The second kappa shape index (κ2) is 8.12. The third-order valence-corrected chi connectivity index (χ3v) is 4.08. The van der Waals surface area contributed by atoms with E-state index in [4.69, 9.17) is 16.3 Å². The molecule has 1 aromatic heterocycles. The highest BCUT2D eigenvalue weighted by molar-refractivity contribution is 7.14. The van der Waals surface area contributed by atoms with Crippen molar-refractivity contribution in [2.24, 2.45) is 0 Å². The van der Waals surface area contributed by atoms with Crippen molar-refractivity contribution in [2.45, 2.75) is 12.8 Å². The van der Waals surface area contributed by atoms with Gasteiger partial charge in [0, 0.05) is 17.4 Å². The maximum Gasteiger partial charge on any atom is 0.226 e. The molecule has 5 nitrogen and oxygen atoms in total. The third-order valence-electron chi connectivity index (χ3n) is 3.03. The third kappa shape index (κ3) is 4.43. The number of hydrogen-bond donors (Lipinski definition) is 2. The zero-order chi connectivity index (χ0) is 15.9. The summed E-state index contributed by atoms with van der Waals surface area (Å²) in [5.74, 6) is 0.600. The molecule has 0 bridgehead atoms. The fourth-order valence-corrected chi connectivity index (χ4v) is 2.89. The highest BCUT2D eigenvalue weighted by atomic mass is 35.5. The van der Waals surface area contributed by atoms with Crippen molar-refractivity contribution in [3.63, 3.8) is 0 Å². The van der Waals surface area contributed by atoms with Crippen molar-refractivity contribution < 1.29 is 9.53 Å². The van der Waals surface area contributed by atoms with E-state index >= 15 is 0 Å². The summed E-state index contributed by atoms with van der Waals surface area (Å²) in [5.41, 5.74) is 1.66. The van der Waals surface area contributed by atoms with Gasteiger partial charge in [0.1, 0.15) is 5.75 Å². The first-order valence-corrected chi connectivity index (χ1v) is 8.13. The highest BCUT2D eigenvalue weighted by Gasteiger charge is 2.09. The number of halogens is 1. The summed E-state index contributed by atoms with van der Waals surface area (Å²) in [6.45, 7) is 0.820. The number of anilines is 1. The van der Waals surface area contributed by atoms with E-state index in [-0.39, 0.29) is 5.91 Å². The van der Waals surface area contributed by atoms with Crippen LogP contribution in [0.4, 0.5) is 5.13 Å². The second-order valence-electron chi connectivity index (χ2n) is 4.64. The number of methoxy groups -OCH3 is 1. The molecule has 118 valence electrons. The monoisotopic (exact) mass is 339 g/mol. The molecule has 22 heavy (non-hydrogen) atoms.